The van der Waals surface area contributed by atoms with Gasteiger partial charge in [0.2, 0.25) is 0 Å². The van der Waals surface area contributed by atoms with E-state index in [0.717, 1.165) is 43.9 Å². The van der Waals surface area contributed by atoms with Crippen molar-refractivity contribution >= 4 is 0 Å². The highest BCUT2D eigenvalue weighted by Gasteiger charge is 2.50. The Labute approximate surface area is 136 Å². The highest BCUT2D eigenvalue weighted by molar-refractivity contribution is 5.24. The quantitative estimate of drug-likeness (QED) is 0.930. The number of nitrogens with zero attached hydrogens (tertiary/aromatic N) is 5. The van der Waals surface area contributed by atoms with E-state index in [4.69, 9.17) is 0 Å². The van der Waals surface area contributed by atoms with Crippen LogP contribution in [0.25, 0.3) is 0 Å². The van der Waals surface area contributed by atoms with Crippen LogP contribution in [0.1, 0.15) is 43.0 Å². The van der Waals surface area contributed by atoms with Crippen molar-refractivity contribution < 1.29 is 0 Å². The first kappa shape index (κ1) is 14.7. The Morgan fingerprint density at radius 3 is 2.43 bits per heavy atom. The second-order valence-electron chi connectivity index (χ2n) is 6.30. The first-order chi connectivity index (χ1) is 11.4. The van der Waals surface area contributed by atoms with Gasteiger partial charge in [0.05, 0.1) is 17.6 Å². The van der Waals surface area contributed by atoms with Crippen LogP contribution < -0.4 is 5.32 Å². The molecule has 0 aromatic carbocycles. The molecule has 2 aromatic heterocycles. The molecule has 4 rings (SSSR count). The van der Waals surface area contributed by atoms with Crippen LogP contribution in [-0.4, -0.2) is 44.5 Å². The zero-order valence-electron chi connectivity index (χ0n) is 13.2. The van der Waals surface area contributed by atoms with E-state index in [0.29, 0.717) is 0 Å². The van der Waals surface area contributed by atoms with E-state index in [2.05, 4.69) is 30.2 Å². The molecule has 2 aromatic rings. The molecule has 120 valence electrons. The fourth-order valence-electron chi connectivity index (χ4n) is 4.10. The minimum Gasteiger partial charge on any atom is -0.293 e. The van der Waals surface area contributed by atoms with Gasteiger partial charge >= 0.3 is 0 Å². The lowest BCUT2D eigenvalue weighted by Crippen LogP contribution is -2.61. The minimum atomic E-state index is -0.320. The van der Waals surface area contributed by atoms with Crippen LogP contribution in [0.15, 0.2) is 37.2 Å². The van der Waals surface area contributed by atoms with Crippen LogP contribution >= 0.6 is 0 Å². The molecule has 0 radical (unpaired) electrons. The molecule has 0 saturated carbocycles. The van der Waals surface area contributed by atoms with Gasteiger partial charge in [-0.15, -0.1) is 0 Å². The number of rotatable bonds is 3. The average molecular weight is 310 g/mol. The van der Waals surface area contributed by atoms with Crippen LogP contribution in [0.4, 0.5) is 0 Å². The third-order valence-corrected chi connectivity index (χ3v) is 5.07. The predicted molar refractivity (Wildman–Crippen MR) is 86.5 cm³/mol. The predicted octanol–water partition coefficient (Wildman–Crippen LogP) is 1.68. The molecule has 23 heavy (non-hydrogen) atoms. The highest BCUT2D eigenvalue weighted by atomic mass is 15.4. The molecule has 2 saturated heterocycles. The molecule has 4 heterocycles. The van der Waals surface area contributed by atoms with Gasteiger partial charge < -0.3 is 0 Å². The summed E-state index contributed by atoms with van der Waals surface area (Å²) in [5.74, 6) is 0.236. The Morgan fingerprint density at radius 1 is 0.957 bits per heavy atom. The monoisotopic (exact) mass is 310 g/mol. The molecule has 2 aliphatic rings. The fourth-order valence-corrected chi connectivity index (χ4v) is 4.10. The van der Waals surface area contributed by atoms with E-state index in [1.807, 2.05) is 12.4 Å². The van der Waals surface area contributed by atoms with Gasteiger partial charge in [-0.3, -0.25) is 30.2 Å². The summed E-state index contributed by atoms with van der Waals surface area (Å²) in [5.41, 5.74) is 1.72. The van der Waals surface area contributed by atoms with E-state index in [9.17, 15) is 0 Å². The Morgan fingerprint density at radius 2 is 1.74 bits per heavy atom. The van der Waals surface area contributed by atoms with E-state index in [1.54, 1.807) is 24.8 Å². The Bertz CT molecular complexity index is 628. The molecule has 0 bridgehead atoms. The Kier molecular flexibility index (Phi) is 4.01. The molecule has 0 aliphatic carbocycles. The summed E-state index contributed by atoms with van der Waals surface area (Å²) in [5, 5.41) is 3.80. The summed E-state index contributed by atoms with van der Waals surface area (Å²) in [6.45, 7) is 3.16. The van der Waals surface area contributed by atoms with Crippen molar-refractivity contribution in [3.8, 4) is 0 Å². The number of nitrogens with one attached hydrogen (secondary N) is 1. The smallest absolute Gasteiger partial charge is 0.125 e. The molecular weight excluding hydrogens is 288 g/mol. The second kappa shape index (κ2) is 6.29. The summed E-state index contributed by atoms with van der Waals surface area (Å²) in [6, 6.07) is 0. The maximum atomic E-state index is 4.68. The molecule has 2 unspecified atom stereocenters. The van der Waals surface area contributed by atoms with Gasteiger partial charge in [0.25, 0.3) is 0 Å². The normalized spacial score (nSPS) is 28.8. The number of aromatic nitrogens is 4. The first-order valence-electron chi connectivity index (χ1n) is 8.44. The summed E-state index contributed by atoms with van der Waals surface area (Å²) >= 11 is 0. The van der Waals surface area contributed by atoms with Gasteiger partial charge in [-0.05, 0) is 32.2 Å². The van der Waals surface area contributed by atoms with Crippen molar-refractivity contribution in [3.63, 3.8) is 0 Å². The van der Waals surface area contributed by atoms with E-state index >= 15 is 0 Å². The third-order valence-electron chi connectivity index (χ3n) is 5.07. The number of likely N-dealkylation sites (tertiary alicyclic amines) is 1. The zero-order chi connectivity index (χ0) is 15.5. The maximum Gasteiger partial charge on any atom is 0.125 e. The van der Waals surface area contributed by atoms with Crippen molar-refractivity contribution in [1.82, 2.24) is 30.2 Å². The molecule has 2 atom stereocenters. The molecule has 6 heteroatoms. The van der Waals surface area contributed by atoms with Crippen LogP contribution in [0, 0.1) is 0 Å². The molecular formula is C17H22N6. The van der Waals surface area contributed by atoms with Gasteiger partial charge in [-0.2, -0.15) is 0 Å². The lowest BCUT2D eigenvalue weighted by molar-refractivity contribution is 0.0181. The number of hydrogen-bond acceptors (Lipinski definition) is 6. The largest absolute Gasteiger partial charge is 0.293 e. The summed E-state index contributed by atoms with van der Waals surface area (Å²) < 4.78 is 0. The second-order valence-corrected chi connectivity index (χ2v) is 6.30. The standard InChI is InChI=1S/C17H22N6/c1-2-11-23(10-1)17(16-13-19-7-9-21-16)14(4-3-5-22-17)15-12-18-6-8-20-15/h6-9,12-14,22H,1-5,10-11H2. The van der Waals surface area contributed by atoms with E-state index in [-0.39, 0.29) is 11.6 Å². The summed E-state index contributed by atoms with van der Waals surface area (Å²) in [6.07, 6.45) is 15.5. The van der Waals surface area contributed by atoms with Crippen molar-refractivity contribution in [2.75, 3.05) is 19.6 Å². The lowest BCUT2D eigenvalue weighted by Gasteiger charge is -2.49. The first-order valence-corrected chi connectivity index (χ1v) is 8.44. The van der Waals surface area contributed by atoms with Gasteiger partial charge in [-0.25, -0.2) is 0 Å². The van der Waals surface area contributed by atoms with Crippen LogP contribution in [-0.2, 0) is 5.66 Å². The van der Waals surface area contributed by atoms with Gasteiger partial charge in [0, 0.05) is 50.0 Å². The number of piperidine rings is 1. The molecule has 2 fully saturated rings. The minimum absolute atomic E-state index is 0.236. The van der Waals surface area contributed by atoms with Crippen LogP contribution in [0.5, 0.6) is 0 Å². The highest BCUT2D eigenvalue weighted by Crippen LogP contribution is 2.44. The Balaban J connectivity index is 1.84. The Hall–Kier alpha value is -1.92. The lowest BCUT2D eigenvalue weighted by atomic mass is 9.79. The van der Waals surface area contributed by atoms with E-state index < -0.39 is 0 Å². The summed E-state index contributed by atoms with van der Waals surface area (Å²) in [4.78, 5) is 20.5. The molecule has 2 aliphatic heterocycles. The van der Waals surface area contributed by atoms with Gasteiger partial charge in [0.1, 0.15) is 5.66 Å². The third kappa shape index (κ3) is 2.52. The van der Waals surface area contributed by atoms with Crippen molar-refractivity contribution in [2.45, 2.75) is 37.3 Å². The fraction of sp³-hybridized carbons (Fsp3) is 0.529. The molecule has 1 N–H and O–H groups in total. The average Bonchev–Trinajstić information content (AvgIpc) is 3.18. The van der Waals surface area contributed by atoms with Gasteiger partial charge in [-0.1, -0.05) is 0 Å². The molecule has 6 nitrogen and oxygen atoms in total. The van der Waals surface area contributed by atoms with Crippen molar-refractivity contribution in [2.24, 2.45) is 0 Å². The van der Waals surface area contributed by atoms with Crippen molar-refractivity contribution in [3.05, 3.63) is 48.6 Å². The summed E-state index contributed by atoms with van der Waals surface area (Å²) in [7, 11) is 0. The van der Waals surface area contributed by atoms with E-state index in [1.165, 1.54) is 12.8 Å². The van der Waals surface area contributed by atoms with Crippen LogP contribution in [0.3, 0.4) is 0 Å². The SMILES string of the molecule is c1cnc(C2CCCNC2(c2cnccn2)N2CCCC2)cn1. The van der Waals surface area contributed by atoms with Crippen LogP contribution in [0.2, 0.25) is 0 Å². The number of hydrogen-bond donors (Lipinski definition) is 1. The van der Waals surface area contributed by atoms with Gasteiger partial charge in [0.15, 0.2) is 0 Å². The maximum absolute atomic E-state index is 4.68. The molecule has 0 spiro atoms. The van der Waals surface area contributed by atoms with Crippen molar-refractivity contribution in [1.29, 1.82) is 0 Å². The topological polar surface area (TPSA) is 66.8 Å². The molecule has 0 amide bonds. The zero-order valence-corrected chi connectivity index (χ0v) is 13.2.